The van der Waals surface area contributed by atoms with Crippen molar-refractivity contribution in [1.29, 1.82) is 0 Å². The van der Waals surface area contributed by atoms with E-state index >= 15 is 0 Å². The lowest BCUT2D eigenvalue weighted by molar-refractivity contribution is 0.0797. The van der Waals surface area contributed by atoms with E-state index < -0.39 is 12.2 Å². The maximum Gasteiger partial charge on any atom is 0.179 e. The van der Waals surface area contributed by atoms with E-state index in [-0.39, 0.29) is 5.92 Å². The molecule has 2 N–H and O–H groups in total. The zero-order valence-electron chi connectivity index (χ0n) is 9.02. The molecule has 1 heterocycles. The van der Waals surface area contributed by atoms with Gasteiger partial charge in [-0.05, 0) is 5.56 Å². The van der Waals surface area contributed by atoms with Crippen molar-refractivity contribution in [3.63, 3.8) is 0 Å². The lowest BCUT2D eigenvalue weighted by atomic mass is 9.93. The lowest BCUT2D eigenvalue weighted by Gasteiger charge is -2.12. The summed E-state index contributed by atoms with van der Waals surface area (Å²) in [5.41, 5.74) is 2.11. The Labute approximate surface area is 98.0 Å². The highest BCUT2D eigenvalue weighted by Crippen LogP contribution is 2.35. The molecular formula is C12H12N2O3. The molecule has 1 aliphatic carbocycles. The molecule has 1 aromatic carbocycles. The van der Waals surface area contributed by atoms with E-state index in [2.05, 4.69) is 10.3 Å². The standard InChI is InChI=1S/C12H12N2O3/c15-9-6-8(13-16)12-10(9)11(14-17-12)7-4-2-1-3-5-7/h1-5,9-10,12,15-16H,6H2/b13-8+/t9-,10-,12-/m1/s1. The van der Waals surface area contributed by atoms with Crippen molar-refractivity contribution < 1.29 is 15.2 Å². The van der Waals surface area contributed by atoms with Crippen LogP contribution in [0, 0.1) is 5.92 Å². The van der Waals surface area contributed by atoms with Crippen LogP contribution in [-0.2, 0) is 4.84 Å². The predicted molar refractivity (Wildman–Crippen MR) is 61.2 cm³/mol. The second-order valence-electron chi connectivity index (χ2n) is 4.26. The molecular weight excluding hydrogens is 220 g/mol. The van der Waals surface area contributed by atoms with Crippen molar-refractivity contribution in [1.82, 2.24) is 0 Å². The topological polar surface area (TPSA) is 74.4 Å². The summed E-state index contributed by atoms with van der Waals surface area (Å²) in [7, 11) is 0. The summed E-state index contributed by atoms with van der Waals surface area (Å²) in [6.07, 6.45) is -0.699. The van der Waals surface area contributed by atoms with Crippen molar-refractivity contribution in [3.05, 3.63) is 35.9 Å². The third kappa shape index (κ3) is 1.51. The molecule has 5 heteroatoms. The zero-order valence-corrected chi connectivity index (χ0v) is 9.02. The van der Waals surface area contributed by atoms with E-state index in [9.17, 15) is 5.11 Å². The highest BCUT2D eigenvalue weighted by molar-refractivity contribution is 6.09. The number of nitrogens with zero attached hydrogens (tertiary/aromatic N) is 2. The van der Waals surface area contributed by atoms with E-state index in [1.807, 2.05) is 30.3 Å². The van der Waals surface area contributed by atoms with Crippen LogP contribution >= 0.6 is 0 Å². The average molecular weight is 232 g/mol. The monoisotopic (exact) mass is 232 g/mol. The van der Waals surface area contributed by atoms with E-state index in [1.165, 1.54) is 0 Å². The van der Waals surface area contributed by atoms with Gasteiger partial charge in [0.25, 0.3) is 0 Å². The van der Waals surface area contributed by atoms with Crippen molar-refractivity contribution in [2.24, 2.45) is 16.2 Å². The summed E-state index contributed by atoms with van der Waals surface area (Å²) in [6.45, 7) is 0. The SMILES string of the molecule is O/N=C1\C[C@@H](O)[C@@H]2C(c3ccccc3)=NO[C@H]12. The summed E-state index contributed by atoms with van der Waals surface area (Å²) in [5, 5.41) is 26.0. The number of aliphatic hydroxyl groups is 1. The first kappa shape index (κ1) is 10.3. The molecule has 0 amide bonds. The number of hydrogen-bond acceptors (Lipinski definition) is 5. The molecule has 5 nitrogen and oxygen atoms in total. The number of aliphatic hydroxyl groups excluding tert-OH is 1. The molecule has 3 atom stereocenters. The number of rotatable bonds is 1. The van der Waals surface area contributed by atoms with Crippen LogP contribution in [0.3, 0.4) is 0 Å². The Morgan fingerprint density at radius 2 is 2.06 bits per heavy atom. The van der Waals surface area contributed by atoms with Gasteiger partial charge in [0.2, 0.25) is 0 Å². The summed E-state index contributed by atoms with van der Waals surface area (Å²) in [6, 6.07) is 9.58. The Balaban J connectivity index is 1.95. The second-order valence-corrected chi connectivity index (χ2v) is 4.26. The summed E-state index contributed by atoms with van der Waals surface area (Å²) in [4.78, 5) is 5.26. The van der Waals surface area contributed by atoms with Gasteiger partial charge in [-0.25, -0.2) is 0 Å². The Bertz CT molecular complexity index is 484. The normalized spacial score (nSPS) is 33.4. The molecule has 1 aromatic rings. The van der Waals surface area contributed by atoms with E-state index in [4.69, 9.17) is 10.0 Å². The number of fused-ring (bicyclic) bond motifs is 1. The fourth-order valence-corrected chi connectivity index (χ4v) is 2.44. The first-order valence-corrected chi connectivity index (χ1v) is 5.49. The fraction of sp³-hybridized carbons (Fsp3) is 0.333. The maximum atomic E-state index is 9.98. The Hall–Kier alpha value is -1.88. The van der Waals surface area contributed by atoms with Gasteiger partial charge in [0, 0.05) is 6.42 Å². The van der Waals surface area contributed by atoms with Gasteiger partial charge in [-0.1, -0.05) is 40.6 Å². The second kappa shape index (κ2) is 3.85. The van der Waals surface area contributed by atoms with Gasteiger partial charge in [-0.2, -0.15) is 0 Å². The lowest BCUT2D eigenvalue weighted by Crippen LogP contribution is -2.28. The highest BCUT2D eigenvalue weighted by Gasteiger charge is 2.49. The summed E-state index contributed by atoms with van der Waals surface area (Å²) in [5.74, 6) is -0.233. The maximum absolute atomic E-state index is 9.98. The molecule has 0 spiro atoms. The van der Waals surface area contributed by atoms with Crippen molar-refractivity contribution >= 4 is 11.4 Å². The fourth-order valence-electron chi connectivity index (χ4n) is 2.44. The summed E-state index contributed by atoms with van der Waals surface area (Å²) >= 11 is 0. The van der Waals surface area contributed by atoms with Gasteiger partial charge in [-0.15, -0.1) is 0 Å². The van der Waals surface area contributed by atoms with Crippen LogP contribution in [-0.4, -0.2) is 33.9 Å². The molecule has 1 fully saturated rings. The minimum Gasteiger partial charge on any atom is -0.411 e. The van der Waals surface area contributed by atoms with Crippen LogP contribution in [0.15, 0.2) is 40.6 Å². The van der Waals surface area contributed by atoms with Crippen LogP contribution < -0.4 is 0 Å². The molecule has 0 radical (unpaired) electrons. The first-order valence-electron chi connectivity index (χ1n) is 5.49. The van der Waals surface area contributed by atoms with Crippen LogP contribution in [0.1, 0.15) is 12.0 Å². The molecule has 1 aliphatic heterocycles. The molecule has 0 saturated heterocycles. The van der Waals surface area contributed by atoms with Gasteiger partial charge in [-0.3, -0.25) is 0 Å². The predicted octanol–water partition coefficient (Wildman–Crippen LogP) is 1.00. The molecule has 0 bridgehead atoms. The largest absolute Gasteiger partial charge is 0.411 e. The van der Waals surface area contributed by atoms with Crippen LogP contribution in [0.25, 0.3) is 0 Å². The number of benzene rings is 1. The van der Waals surface area contributed by atoms with Crippen molar-refractivity contribution in [2.45, 2.75) is 18.6 Å². The molecule has 17 heavy (non-hydrogen) atoms. The van der Waals surface area contributed by atoms with Crippen molar-refractivity contribution in [2.75, 3.05) is 0 Å². The minimum absolute atomic E-state index is 0.233. The van der Waals surface area contributed by atoms with Gasteiger partial charge in [0.1, 0.15) is 5.71 Å². The molecule has 0 unspecified atom stereocenters. The quantitative estimate of drug-likeness (QED) is 0.560. The minimum atomic E-state index is -0.604. The zero-order chi connectivity index (χ0) is 11.8. The molecule has 3 rings (SSSR count). The van der Waals surface area contributed by atoms with E-state index in [0.29, 0.717) is 12.1 Å². The van der Waals surface area contributed by atoms with Crippen LogP contribution in [0.4, 0.5) is 0 Å². The first-order chi connectivity index (χ1) is 8.31. The molecule has 0 aromatic heterocycles. The molecule has 2 aliphatic rings. The highest BCUT2D eigenvalue weighted by atomic mass is 16.6. The number of oxime groups is 2. The van der Waals surface area contributed by atoms with Crippen LogP contribution in [0.2, 0.25) is 0 Å². The van der Waals surface area contributed by atoms with Crippen molar-refractivity contribution in [3.8, 4) is 0 Å². The Morgan fingerprint density at radius 3 is 2.76 bits per heavy atom. The Morgan fingerprint density at radius 1 is 1.29 bits per heavy atom. The number of hydrogen-bond donors (Lipinski definition) is 2. The average Bonchev–Trinajstić information content (AvgIpc) is 2.92. The van der Waals surface area contributed by atoms with Gasteiger partial charge < -0.3 is 15.2 Å². The van der Waals surface area contributed by atoms with Gasteiger partial charge in [0.05, 0.1) is 17.7 Å². The van der Waals surface area contributed by atoms with E-state index in [1.54, 1.807) is 0 Å². The van der Waals surface area contributed by atoms with Gasteiger partial charge >= 0.3 is 0 Å². The third-order valence-electron chi connectivity index (χ3n) is 3.27. The van der Waals surface area contributed by atoms with Gasteiger partial charge in [0.15, 0.2) is 6.10 Å². The third-order valence-corrected chi connectivity index (χ3v) is 3.27. The summed E-state index contributed by atoms with van der Waals surface area (Å²) < 4.78 is 0. The van der Waals surface area contributed by atoms with E-state index in [0.717, 1.165) is 11.3 Å². The smallest absolute Gasteiger partial charge is 0.179 e. The molecule has 88 valence electrons. The molecule has 1 saturated carbocycles. The van der Waals surface area contributed by atoms with Crippen LogP contribution in [0.5, 0.6) is 0 Å². The Kier molecular flexibility index (Phi) is 2.33.